The number of hydrogen-bond donors (Lipinski definition) is 4. The van der Waals surface area contributed by atoms with Gasteiger partial charge in [0.05, 0.1) is 11.5 Å². The maximum atomic E-state index is 14.3. The lowest BCUT2D eigenvalue weighted by atomic mass is 9.33. The molecule has 0 spiro atoms. The van der Waals surface area contributed by atoms with Gasteiger partial charge in [-0.1, -0.05) is 60.1 Å². The third-order valence-electron chi connectivity index (χ3n) is 14.9. The van der Waals surface area contributed by atoms with Crippen LogP contribution in [0.4, 0.5) is 0 Å². The van der Waals surface area contributed by atoms with Crippen LogP contribution in [0.5, 0.6) is 5.75 Å². The number of allylic oxidation sites excluding steroid dienone is 2. The number of aromatic hydroxyl groups is 1. The van der Waals surface area contributed by atoms with Crippen LogP contribution < -0.4 is 10.6 Å². The molecule has 6 rings (SSSR count). The Morgan fingerprint density at radius 3 is 2.20 bits per heavy atom. The number of phenols is 1. The minimum atomic E-state index is -0.400. The Morgan fingerprint density at radius 1 is 0.822 bits per heavy atom. The zero-order valence-corrected chi connectivity index (χ0v) is 28.9. The van der Waals surface area contributed by atoms with Gasteiger partial charge in [-0.15, -0.1) is 0 Å². The van der Waals surface area contributed by atoms with Crippen molar-refractivity contribution in [1.29, 1.82) is 0 Å². The first kappa shape index (κ1) is 32.6. The van der Waals surface area contributed by atoms with Crippen LogP contribution >= 0.6 is 0 Å². The molecule has 0 unspecified atom stereocenters. The first-order chi connectivity index (χ1) is 21.0. The van der Waals surface area contributed by atoms with E-state index in [2.05, 4.69) is 65.2 Å². The van der Waals surface area contributed by atoms with Gasteiger partial charge >= 0.3 is 0 Å². The van der Waals surface area contributed by atoms with Gasteiger partial charge in [0.15, 0.2) is 0 Å². The number of carbonyl (C=O) groups is 2. The summed E-state index contributed by atoms with van der Waals surface area (Å²) >= 11 is 0. The van der Waals surface area contributed by atoms with Crippen LogP contribution in [0.3, 0.4) is 0 Å². The van der Waals surface area contributed by atoms with Crippen LogP contribution in [0.2, 0.25) is 0 Å². The molecule has 6 heteroatoms. The number of amides is 2. The second kappa shape index (κ2) is 10.9. The largest absolute Gasteiger partial charge is 0.508 e. The highest BCUT2D eigenvalue weighted by molar-refractivity contribution is 5.94. The molecule has 0 aliphatic heterocycles. The molecular weight excluding hydrogens is 560 g/mol. The molecule has 0 heterocycles. The van der Waals surface area contributed by atoms with Gasteiger partial charge in [0, 0.05) is 18.7 Å². The average Bonchev–Trinajstić information content (AvgIpc) is 2.97. The quantitative estimate of drug-likeness (QED) is 0.204. The summed E-state index contributed by atoms with van der Waals surface area (Å²) < 4.78 is 0. The molecule has 8 atom stereocenters. The number of hydrogen-bond acceptors (Lipinski definition) is 4. The SMILES string of the molecule is CC1(C)CC[C@]2(C(=O)NCCNC(=O)c3ccc(O)cc3)CC[C@]3(C)C(=CC[C@@H]4[C@@]5(C)CC[C@H](O)C(C)(C)[C@@H]5CC[C@]43C)[C@@H]2C1. The Bertz CT molecular complexity index is 1370. The first-order valence-electron chi connectivity index (χ1n) is 17.7. The second-order valence-corrected chi connectivity index (χ2v) is 17.8. The predicted molar refractivity (Wildman–Crippen MR) is 178 cm³/mol. The number of aliphatic hydroxyl groups excluding tert-OH is 1. The summed E-state index contributed by atoms with van der Waals surface area (Å²) in [6, 6.07) is 6.21. The zero-order chi connectivity index (χ0) is 32.6. The molecule has 4 fully saturated rings. The highest BCUT2D eigenvalue weighted by atomic mass is 16.3. The average molecular weight is 619 g/mol. The van der Waals surface area contributed by atoms with E-state index in [4.69, 9.17) is 0 Å². The van der Waals surface area contributed by atoms with Crippen molar-refractivity contribution in [3.05, 3.63) is 41.5 Å². The van der Waals surface area contributed by atoms with E-state index in [1.165, 1.54) is 25.0 Å². The smallest absolute Gasteiger partial charge is 0.251 e. The first-order valence-corrected chi connectivity index (χ1v) is 17.7. The second-order valence-electron chi connectivity index (χ2n) is 17.8. The van der Waals surface area contributed by atoms with Crippen LogP contribution in [0.25, 0.3) is 0 Å². The Hall–Kier alpha value is -2.34. The molecule has 45 heavy (non-hydrogen) atoms. The minimum Gasteiger partial charge on any atom is -0.508 e. The molecule has 6 nitrogen and oxygen atoms in total. The topological polar surface area (TPSA) is 98.7 Å². The Labute approximate surface area is 271 Å². The third-order valence-corrected chi connectivity index (χ3v) is 14.9. The predicted octanol–water partition coefficient (Wildman–Crippen LogP) is 7.40. The number of nitrogens with one attached hydrogen (secondary N) is 2. The Balaban J connectivity index is 1.24. The fraction of sp³-hybridized carbons (Fsp3) is 0.744. The van der Waals surface area contributed by atoms with E-state index in [0.717, 1.165) is 51.4 Å². The normalized spacial score (nSPS) is 41.3. The molecule has 0 saturated heterocycles. The summed E-state index contributed by atoms with van der Waals surface area (Å²) in [6.45, 7) is 17.9. The lowest BCUT2D eigenvalue weighted by Crippen LogP contribution is -2.65. The van der Waals surface area contributed by atoms with Crippen molar-refractivity contribution in [2.75, 3.05) is 13.1 Å². The van der Waals surface area contributed by atoms with Crippen LogP contribution in [0.1, 0.15) is 123 Å². The summed E-state index contributed by atoms with van der Waals surface area (Å²) in [4.78, 5) is 26.9. The van der Waals surface area contributed by atoms with Crippen LogP contribution in [0.15, 0.2) is 35.9 Å². The highest BCUT2D eigenvalue weighted by Gasteiger charge is 2.69. The van der Waals surface area contributed by atoms with Crippen molar-refractivity contribution in [2.24, 2.45) is 50.2 Å². The maximum Gasteiger partial charge on any atom is 0.251 e. The monoisotopic (exact) mass is 618 g/mol. The molecule has 4 saturated carbocycles. The molecule has 1 aromatic carbocycles. The van der Waals surface area contributed by atoms with E-state index >= 15 is 0 Å². The maximum absolute atomic E-state index is 14.3. The van der Waals surface area contributed by atoms with Crippen molar-refractivity contribution in [3.8, 4) is 5.75 Å². The fourth-order valence-electron chi connectivity index (χ4n) is 11.9. The summed E-state index contributed by atoms with van der Waals surface area (Å²) in [7, 11) is 0. The van der Waals surface area contributed by atoms with Gasteiger partial charge in [-0.05, 0) is 133 Å². The Morgan fingerprint density at radius 2 is 1.49 bits per heavy atom. The zero-order valence-electron chi connectivity index (χ0n) is 28.9. The molecular formula is C39H58N2O4. The van der Waals surface area contributed by atoms with Crippen LogP contribution in [-0.4, -0.2) is 41.2 Å². The van der Waals surface area contributed by atoms with E-state index in [-0.39, 0.29) is 56.7 Å². The van der Waals surface area contributed by atoms with Crippen molar-refractivity contribution < 1.29 is 19.8 Å². The van der Waals surface area contributed by atoms with Crippen molar-refractivity contribution in [3.63, 3.8) is 0 Å². The lowest BCUT2D eigenvalue weighted by Gasteiger charge is -2.71. The number of rotatable bonds is 5. The molecule has 0 aromatic heterocycles. The lowest BCUT2D eigenvalue weighted by molar-refractivity contribution is -0.203. The number of benzene rings is 1. The molecule has 248 valence electrons. The minimum absolute atomic E-state index is 0.0596. The van der Waals surface area contributed by atoms with Gasteiger partial charge in [-0.2, -0.15) is 0 Å². The van der Waals surface area contributed by atoms with Gasteiger partial charge in [0.25, 0.3) is 5.91 Å². The standard InChI is InChI=1S/C39H58N2O4/c1-34(2)18-20-39(33(45)41-23-22-40-32(44)25-8-10-26(42)11-9-25)21-19-37(6)27(28(39)24-34)12-13-30-36(5)16-15-31(43)35(3,4)29(36)14-17-38(30,37)7/h8-12,28-31,42-43H,13-24H2,1-7H3,(H,40,44)(H,41,45)/t28-,29-,30+,31-,36-,37+,38+,39-/m0/s1. The third kappa shape index (κ3) is 4.90. The van der Waals surface area contributed by atoms with E-state index in [0.29, 0.717) is 30.5 Å². The van der Waals surface area contributed by atoms with Gasteiger partial charge in [0.2, 0.25) is 5.91 Å². The number of fused-ring (bicyclic) bond motifs is 7. The summed E-state index contributed by atoms with van der Waals surface area (Å²) in [6.07, 6.45) is 12.8. The molecule has 0 radical (unpaired) electrons. The van der Waals surface area contributed by atoms with E-state index in [1.54, 1.807) is 17.7 Å². The fourth-order valence-corrected chi connectivity index (χ4v) is 11.9. The van der Waals surface area contributed by atoms with Gasteiger partial charge in [-0.3, -0.25) is 9.59 Å². The van der Waals surface area contributed by atoms with Gasteiger partial charge < -0.3 is 20.8 Å². The number of carbonyl (C=O) groups excluding carboxylic acids is 2. The summed E-state index contributed by atoms with van der Waals surface area (Å²) in [5.74, 6) is 1.43. The summed E-state index contributed by atoms with van der Waals surface area (Å²) in [5.41, 5.74) is 2.23. The van der Waals surface area contributed by atoms with E-state index < -0.39 is 5.41 Å². The molecule has 2 amide bonds. The summed E-state index contributed by atoms with van der Waals surface area (Å²) in [5, 5.41) is 26.7. The van der Waals surface area contributed by atoms with E-state index in [1.807, 2.05) is 0 Å². The van der Waals surface area contributed by atoms with Crippen molar-refractivity contribution in [1.82, 2.24) is 10.6 Å². The molecule has 5 aliphatic rings. The molecule has 4 N–H and O–H groups in total. The number of aliphatic hydroxyl groups is 1. The van der Waals surface area contributed by atoms with Crippen LogP contribution in [-0.2, 0) is 4.79 Å². The highest BCUT2D eigenvalue weighted by Crippen LogP contribution is 2.75. The van der Waals surface area contributed by atoms with Crippen molar-refractivity contribution >= 4 is 11.8 Å². The molecule has 5 aliphatic carbocycles. The molecule has 0 bridgehead atoms. The number of phenolic OH excluding ortho intramolecular Hbond substituents is 1. The van der Waals surface area contributed by atoms with Gasteiger partial charge in [-0.25, -0.2) is 0 Å². The van der Waals surface area contributed by atoms with Crippen LogP contribution in [0, 0.1) is 50.2 Å². The van der Waals surface area contributed by atoms with Crippen molar-refractivity contribution in [2.45, 2.75) is 119 Å². The molecule has 1 aromatic rings. The Kier molecular flexibility index (Phi) is 7.86. The van der Waals surface area contributed by atoms with Gasteiger partial charge in [0.1, 0.15) is 5.75 Å². The van der Waals surface area contributed by atoms with E-state index in [9.17, 15) is 19.8 Å².